The van der Waals surface area contributed by atoms with Gasteiger partial charge in [0.05, 0.1) is 0 Å². The molecule has 0 unspecified atom stereocenters. The van der Waals surface area contributed by atoms with Gasteiger partial charge >= 0.3 is 0 Å². The second kappa shape index (κ2) is 4.03. The summed E-state index contributed by atoms with van der Waals surface area (Å²) in [5.41, 5.74) is 1.15. The third kappa shape index (κ3) is 1.64. The van der Waals surface area contributed by atoms with Crippen molar-refractivity contribution < 1.29 is 13.6 Å². The molecule has 0 saturated carbocycles. The normalized spacial score (nSPS) is 11.0. The Kier molecular flexibility index (Phi) is 2.48. The van der Waals surface area contributed by atoms with E-state index in [1.165, 1.54) is 29.5 Å². The Bertz CT molecular complexity index is 731. The Balaban J connectivity index is 2.19. The van der Waals surface area contributed by atoms with Gasteiger partial charge in [-0.05, 0) is 25.1 Å². The van der Waals surface area contributed by atoms with Crippen molar-refractivity contribution in [3.63, 3.8) is 0 Å². The van der Waals surface area contributed by atoms with Gasteiger partial charge in [-0.15, -0.1) is 11.3 Å². The number of nitrogens with zero attached hydrogens (tertiary/aromatic N) is 1. The molecule has 0 amide bonds. The molecule has 90 valence electrons. The van der Waals surface area contributed by atoms with Crippen molar-refractivity contribution in [3.05, 3.63) is 51.9 Å². The topological polar surface area (TPSA) is 43.1 Å². The van der Waals surface area contributed by atoms with Gasteiger partial charge in [0.25, 0.3) is 5.78 Å². The molecule has 0 aliphatic carbocycles. The second-order valence-corrected chi connectivity index (χ2v) is 4.76. The first-order chi connectivity index (χ1) is 8.66. The van der Waals surface area contributed by atoms with Crippen molar-refractivity contribution in [3.8, 4) is 0 Å². The van der Waals surface area contributed by atoms with E-state index in [-0.39, 0.29) is 17.4 Å². The number of aryl methyl sites for hydroxylation is 1. The maximum atomic E-state index is 13.2. The summed E-state index contributed by atoms with van der Waals surface area (Å²) in [7, 11) is 0. The number of aromatic nitrogens is 1. The number of ketones is 1. The van der Waals surface area contributed by atoms with Crippen LogP contribution in [0.3, 0.4) is 0 Å². The van der Waals surface area contributed by atoms with Crippen LogP contribution < -0.4 is 0 Å². The Labute approximate surface area is 106 Å². The summed E-state index contributed by atoms with van der Waals surface area (Å²) < 4.78 is 18.7. The molecule has 18 heavy (non-hydrogen) atoms. The molecule has 2 heterocycles. The molecule has 0 spiro atoms. The predicted octanol–water partition coefficient (Wildman–Crippen LogP) is 3.57. The molecule has 0 bridgehead atoms. The lowest BCUT2D eigenvalue weighted by molar-refractivity contribution is 0.101. The minimum Gasteiger partial charge on any atom is -0.452 e. The Morgan fingerprint density at radius 3 is 3.00 bits per heavy atom. The third-order valence-corrected chi connectivity index (χ3v) is 3.50. The van der Waals surface area contributed by atoms with E-state index >= 15 is 0 Å². The highest BCUT2D eigenvalue weighted by atomic mass is 32.1. The van der Waals surface area contributed by atoms with Crippen LogP contribution in [0.25, 0.3) is 11.0 Å². The Morgan fingerprint density at radius 1 is 1.44 bits per heavy atom. The molecule has 3 nitrogen and oxygen atoms in total. The Hall–Kier alpha value is -2.01. The van der Waals surface area contributed by atoms with Gasteiger partial charge in [0.2, 0.25) is 0 Å². The second-order valence-electron chi connectivity index (χ2n) is 3.86. The Morgan fingerprint density at radius 2 is 2.28 bits per heavy atom. The number of carbonyl (C=O) groups excluding carboxylic acids is 1. The van der Waals surface area contributed by atoms with Gasteiger partial charge in [-0.1, -0.05) is 0 Å². The van der Waals surface area contributed by atoms with Crippen LogP contribution in [0.5, 0.6) is 0 Å². The molecule has 5 heteroatoms. The number of hydrogen-bond acceptors (Lipinski definition) is 4. The quantitative estimate of drug-likeness (QED) is 0.662. The summed E-state index contributed by atoms with van der Waals surface area (Å²) in [6.45, 7) is 1.74. The van der Waals surface area contributed by atoms with Crippen LogP contribution in [0, 0.1) is 12.7 Å². The fraction of sp³-hybridized carbons (Fsp3) is 0.0769. The van der Waals surface area contributed by atoms with Gasteiger partial charge in [-0.3, -0.25) is 4.79 Å². The lowest BCUT2D eigenvalue weighted by Crippen LogP contribution is -2.00. The highest BCUT2D eigenvalue weighted by Crippen LogP contribution is 2.28. The smallest absolute Gasteiger partial charge is 0.256 e. The summed E-state index contributed by atoms with van der Waals surface area (Å²) in [6.07, 6.45) is 1.57. The first-order valence-corrected chi connectivity index (χ1v) is 6.17. The molecule has 3 aromatic rings. The van der Waals surface area contributed by atoms with Crippen molar-refractivity contribution in [2.24, 2.45) is 0 Å². The first kappa shape index (κ1) is 11.1. The van der Waals surface area contributed by atoms with Crippen LogP contribution in [0.4, 0.5) is 4.39 Å². The summed E-state index contributed by atoms with van der Waals surface area (Å²) >= 11 is 1.25. The van der Waals surface area contributed by atoms with E-state index in [0.717, 1.165) is 0 Å². The fourth-order valence-corrected chi connectivity index (χ4v) is 2.41. The average molecular weight is 261 g/mol. The zero-order valence-electron chi connectivity index (χ0n) is 9.44. The number of halogens is 1. The molecule has 1 aromatic carbocycles. The monoisotopic (exact) mass is 261 g/mol. The van der Waals surface area contributed by atoms with Crippen LogP contribution in [0.15, 0.2) is 34.2 Å². The highest BCUT2D eigenvalue weighted by Gasteiger charge is 2.21. The van der Waals surface area contributed by atoms with E-state index < -0.39 is 0 Å². The number of thiazole rings is 1. The van der Waals surface area contributed by atoms with Crippen LogP contribution in [0.1, 0.15) is 21.1 Å². The van der Waals surface area contributed by atoms with E-state index in [2.05, 4.69) is 4.98 Å². The molecule has 0 aliphatic rings. The van der Waals surface area contributed by atoms with Gasteiger partial charge in [0, 0.05) is 22.5 Å². The van der Waals surface area contributed by atoms with Crippen LogP contribution >= 0.6 is 11.3 Å². The minimum absolute atomic E-state index is 0.227. The van der Waals surface area contributed by atoms with Gasteiger partial charge in [0.15, 0.2) is 10.8 Å². The highest BCUT2D eigenvalue weighted by molar-refractivity contribution is 7.11. The molecule has 2 aromatic heterocycles. The molecule has 0 aliphatic heterocycles. The zero-order chi connectivity index (χ0) is 12.7. The molecule has 0 radical (unpaired) electrons. The van der Waals surface area contributed by atoms with E-state index in [1.54, 1.807) is 18.5 Å². The summed E-state index contributed by atoms with van der Waals surface area (Å²) in [5, 5.41) is 2.72. The minimum atomic E-state index is -0.348. The molecule has 0 atom stereocenters. The van der Waals surface area contributed by atoms with E-state index in [4.69, 9.17) is 4.42 Å². The van der Waals surface area contributed by atoms with E-state index in [0.29, 0.717) is 21.5 Å². The van der Waals surface area contributed by atoms with Crippen molar-refractivity contribution in [1.82, 2.24) is 4.98 Å². The van der Waals surface area contributed by atoms with Crippen molar-refractivity contribution in [1.29, 1.82) is 0 Å². The largest absolute Gasteiger partial charge is 0.452 e. The van der Waals surface area contributed by atoms with Gasteiger partial charge in [-0.2, -0.15) is 0 Å². The zero-order valence-corrected chi connectivity index (χ0v) is 10.3. The number of furan rings is 1. The average Bonchev–Trinajstić information content (AvgIpc) is 2.98. The fourth-order valence-electron chi connectivity index (χ4n) is 1.84. The molecule has 0 fully saturated rings. The van der Waals surface area contributed by atoms with Crippen LogP contribution in [0.2, 0.25) is 0 Å². The maximum absolute atomic E-state index is 13.2. The number of rotatable bonds is 2. The van der Waals surface area contributed by atoms with Crippen molar-refractivity contribution in [2.45, 2.75) is 6.92 Å². The molecular weight excluding hydrogens is 253 g/mol. The third-order valence-electron chi connectivity index (χ3n) is 2.73. The number of hydrogen-bond donors (Lipinski definition) is 0. The lowest BCUT2D eigenvalue weighted by atomic mass is 10.1. The van der Waals surface area contributed by atoms with E-state index in [9.17, 15) is 9.18 Å². The van der Waals surface area contributed by atoms with E-state index in [1.807, 2.05) is 0 Å². The molecule has 3 rings (SSSR count). The van der Waals surface area contributed by atoms with Crippen LogP contribution in [-0.4, -0.2) is 10.8 Å². The summed E-state index contributed by atoms with van der Waals surface area (Å²) in [5.74, 6) is -0.385. The number of carbonyl (C=O) groups is 1. The predicted molar refractivity (Wildman–Crippen MR) is 66.5 cm³/mol. The SMILES string of the molecule is Cc1c(C(=O)c2nccs2)oc2ccc(F)cc12. The van der Waals surface area contributed by atoms with Gasteiger partial charge in [-0.25, -0.2) is 9.37 Å². The molecule has 0 N–H and O–H groups in total. The summed E-state index contributed by atoms with van der Waals surface area (Å²) in [4.78, 5) is 16.1. The summed E-state index contributed by atoms with van der Waals surface area (Å²) in [6, 6.07) is 4.20. The number of fused-ring (bicyclic) bond motifs is 1. The van der Waals surface area contributed by atoms with Crippen molar-refractivity contribution in [2.75, 3.05) is 0 Å². The number of benzene rings is 1. The van der Waals surface area contributed by atoms with Crippen molar-refractivity contribution >= 4 is 28.1 Å². The first-order valence-electron chi connectivity index (χ1n) is 5.29. The van der Waals surface area contributed by atoms with Gasteiger partial charge < -0.3 is 4.42 Å². The lowest BCUT2D eigenvalue weighted by Gasteiger charge is -1.93. The van der Waals surface area contributed by atoms with Crippen LogP contribution in [-0.2, 0) is 0 Å². The van der Waals surface area contributed by atoms with Gasteiger partial charge in [0.1, 0.15) is 11.4 Å². The standard InChI is InChI=1S/C13H8FNO2S/c1-7-9-6-8(14)2-3-10(9)17-12(7)11(16)13-15-4-5-18-13/h2-6H,1H3. The molecule has 0 saturated heterocycles. The maximum Gasteiger partial charge on any atom is 0.256 e. The molecular formula is C13H8FNO2S.